The number of fused-ring (bicyclic) bond motifs is 1. The van der Waals surface area contributed by atoms with E-state index in [-0.39, 0.29) is 12.2 Å². The first-order valence-electron chi connectivity index (χ1n) is 11.7. The molecule has 0 aliphatic carbocycles. The molecule has 1 heterocycles. The number of benzene rings is 3. The molecule has 192 valence electrons. The molecule has 0 aliphatic heterocycles. The molecule has 2 atom stereocenters. The second-order valence-electron chi connectivity index (χ2n) is 8.88. The standard InChI is InChI=1S/C29H27F3N2O3/c1-18-7-8-19(2)21(13-18)11-9-20-10-12-27(37-29(30,31)32)25(14-20)28(36)34-23(17-35)15-22-16-33-26-6-4-3-5-24(22)26/h3-8,10,12-14,16,23,28,33-36H,15,17H2,1-2H3. The number of alkyl halides is 3. The maximum Gasteiger partial charge on any atom is 0.573 e. The zero-order valence-corrected chi connectivity index (χ0v) is 20.4. The zero-order valence-electron chi connectivity index (χ0n) is 20.4. The molecule has 3 aromatic carbocycles. The van der Waals surface area contributed by atoms with Crippen LogP contribution in [0.15, 0.2) is 66.9 Å². The number of aliphatic hydroxyl groups excluding tert-OH is 2. The molecule has 4 rings (SSSR count). The number of aliphatic hydroxyl groups is 2. The van der Waals surface area contributed by atoms with Gasteiger partial charge in [-0.05, 0) is 67.3 Å². The molecule has 4 N–H and O–H groups in total. The molecule has 5 nitrogen and oxygen atoms in total. The Hall–Kier alpha value is -3.77. The molecule has 0 saturated heterocycles. The van der Waals surface area contributed by atoms with Crippen molar-refractivity contribution in [1.82, 2.24) is 10.3 Å². The predicted octanol–water partition coefficient (Wildman–Crippen LogP) is 5.27. The van der Waals surface area contributed by atoms with E-state index in [0.717, 1.165) is 39.2 Å². The molecule has 0 radical (unpaired) electrons. The minimum Gasteiger partial charge on any atom is -0.405 e. The second-order valence-corrected chi connectivity index (χ2v) is 8.88. The van der Waals surface area contributed by atoms with Gasteiger partial charge in [-0.1, -0.05) is 42.2 Å². The number of hydrogen-bond acceptors (Lipinski definition) is 4. The molecule has 0 saturated carbocycles. The van der Waals surface area contributed by atoms with Gasteiger partial charge < -0.3 is 19.9 Å². The first kappa shape index (κ1) is 26.3. The van der Waals surface area contributed by atoms with Gasteiger partial charge in [0, 0.05) is 39.8 Å². The largest absolute Gasteiger partial charge is 0.573 e. The Morgan fingerprint density at radius 3 is 2.57 bits per heavy atom. The molecule has 1 aromatic heterocycles. The maximum absolute atomic E-state index is 13.1. The highest BCUT2D eigenvalue weighted by atomic mass is 19.4. The molecular formula is C29H27F3N2O3. The van der Waals surface area contributed by atoms with Gasteiger partial charge in [-0.3, -0.25) is 5.32 Å². The Bertz CT molecular complexity index is 1450. The Morgan fingerprint density at radius 1 is 1.03 bits per heavy atom. The number of nitrogens with one attached hydrogen (secondary N) is 2. The summed E-state index contributed by atoms with van der Waals surface area (Å²) in [4.78, 5) is 3.15. The van der Waals surface area contributed by atoms with Crippen LogP contribution in [-0.4, -0.2) is 34.2 Å². The van der Waals surface area contributed by atoms with Crippen molar-refractivity contribution in [3.63, 3.8) is 0 Å². The van der Waals surface area contributed by atoms with Crippen LogP contribution in [-0.2, 0) is 6.42 Å². The molecule has 0 amide bonds. The van der Waals surface area contributed by atoms with E-state index in [4.69, 9.17) is 0 Å². The molecule has 0 fully saturated rings. The van der Waals surface area contributed by atoms with Gasteiger partial charge in [-0.2, -0.15) is 0 Å². The Kier molecular flexibility index (Phi) is 7.89. The summed E-state index contributed by atoms with van der Waals surface area (Å²) in [5.74, 6) is 5.46. The average Bonchev–Trinajstić information content (AvgIpc) is 3.26. The predicted molar refractivity (Wildman–Crippen MR) is 136 cm³/mol. The summed E-state index contributed by atoms with van der Waals surface area (Å²) in [6.07, 6.45) is -4.36. The van der Waals surface area contributed by atoms with Crippen LogP contribution in [0.2, 0.25) is 0 Å². The van der Waals surface area contributed by atoms with Gasteiger partial charge in [-0.15, -0.1) is 13.2 Å². The van der Waals surface area contributed by atoms with Gasteiger partial charge in [0.25, 0.3) is 0 Å². The van der Waals surface area contributed by atoms with E-state index >= 15 is 0 Å². The van der Waals surface area contributed by atoms with Crippen LogP contribution < -0.4 is 10.1 Å². The number of H-pyrrole nitrogens is 1. The van der Waals surface area contributed by atoms with Crippen molar-refractivity contribution in [2.75, 3.05) is 6.61 Å². The number of hydrogen-bond donors (Lipinski definition) is 4. The number of para-hydroxylation sites is 1. The van der Waals surface area contributed by atoms with Crippen LogP contribution in [0.1, 0.15) is 39.6 Å². The van der Waals surface area contributed by atoms with E-state index in [1.54, 1.807) is 0 Å². The average molecular weight is 509 g/mol. The second kappa shape index (κ2) is 11.1. The number of aromatic nitrogens is 1. The minimum atomic E-state index is -4.94. The monoisotopic (exact) mass is 508 g/mol. The van der Waals surface area contributed by atoms with E-state index in [0.29, 0.717) is 12.0 Å². The Balaban J connectivity index is 1.61. The van der Waals surface area contributed by atoms with E-state index in [2.05, 4.69) is 26.9 Å². The molecular weight excluding hydrogens is 481 g/mol. The van der Waals surface area contributed by atoms with Crippen molar-refractivity contribution in [2.45, 2.75) is 38.9 Å². The van der Waals surface area contributed by atoms with Gasteiger partial charge >= 0.3 is 6.36 Å². The Morgan fingerprint density at radius 2 is 1.81 bits per heavy atom. The van der Waals surface area contributed by atoms with Crippen molar-refractivity contribution < 1.29 is 28.1 Å². The van der Waals surface area contributed by atoms with E-state index in [9.17, 15) is 23.4 Å². The summed E-state index contributed by atoms with van der Waals surface area (Å²) in [7, 11) is 0. The van der Waals surface area contributed by atoms with Crippen LogP contribution in [0.3, 0.4) is 0 Å². The highest BCUT2D eigenvalue weighted by molar-refractivity contribution is 5.83. The highest BCUT2D eigenvalue weighted by Gasteiger charge is 2.33. The number of aromatic amines is 1. The van der Waals surface area contributed by atoms with Crippen molar-refractivity contribution in [3.05, 3.63) is 100 Å². The summed E-state index contributed by atoms with van der Waals surface area (Å²) in [5, 5.41) is 24.6. The van der Waals surface area contributed by atoms with Gasteiger partial charge in [0.2, 0.25) is 0 Å². The number of aryl methyl sites for hydroxylation is 2. The molecule has 4 aromatic rings. The SMILES string of the molecule is Cc1ccc(C)c(C#Cc2ccc(OC(F)(F)F)c(C(O)NC(CO)Cc3c[nH]c4ccccc34)c2)c1. The highest BCUT2D eigenvalue weighted by Crippen LogP contribution is 2.31. The summed E-state index contributed by atoms with van der Waals surface area (Å²) in [5.41, 5.74) is 4.90. The molecule has 8 heteroatoms. The van der Waals surface area contributed by atoms with Gasteiger partial charge in [-0.25, -0.2) is 0 Å². The summed E-state index contributed by atoms with van der Waals surface area (Å²) < 4.78 is 43.4. The molecule has 0 aliphatic rings. The third kappa shape index (κ3) is 6.71. The Labute approximate surface area is 212 Å². The fraction of sp³-hybridized carbons (Fsp3) is 0.241. The van der Waals surface area contributed by atoms with E-state index in [1.165, 1.54) is 12.1 Å². The minimum absolute atomic E-state index is 0.137. The zero-order chi connectivity index (χ0) is 26.6. The normalized spacial score (nSPS) is 13.2. The van der Waals surface area contributed by atoms with Crippen LogP contribution >= 0.6 is 0 Å². The number of rotatable bonds is 7. The molecule has 0 spiro atoms. The van der Waals surface area contributed by atoms with Crippen LogP contribution in [0.5, 0.6) is 5.75 Å². The first-order chi connectivity index (χ1) is 17.6. The van der Waals surface area contributed by atoms with Crippen molar-refractivity contribution in [1.29, 1.82) is 0 Å². The lowest BCUT2D eigenvalue weighted by atomic mass is 10.0. The van der Waals surface area contributed by atoms with Crippen LogP contribution in [0.4, 0.5) is 13.2 Å². The fourth-order valence-electron chi connectivity index (χ4n) is 4.12. The topological polar surface area (TPSA) is 77.5 Å². The quantitative estimate of drug-likeness (QED) is 0.203. The lowest BCUT2D eigenvalue weighted by Gasteiger charge is -2.23. The molecule has 37 heavy (non-hydrogen) atoms. The third-order valence-corrected chi connectivity index (χ3v) is 6.02. The third-order valence-electron chi connectivity index (χ3n) is 6.02. The maximum atomic E-state index is 13.1. The van der Waals surface area contributed by atoms with E-state index < -0.39 is 24.4 Å². The molecule has 0 bridgehead atoms. The van der Waals surface area contributed by atoms with E-state index in [1.807, 2.05) is 62.5 Å². The smallest absolute Gasteiger partial charge is 0.405 e. The van der Waals surface area contributed by atoms with Crippen LogP contribution in [0, 0.1) is 25.7 Å². The van der Waals surface area contributed by atoms with Crippen LogP contribution in [0.25, 0.3) is 10.9 Å². The van der Waals surface area contributed by atoms with Gasteiger partial charge in [0.15, 0.2) is 0 Å². The lowest BCUT2D eigenvalue weighted by molar-refractivity contribution is -0.275. The molecule has 2 unspecified atom stereocenters. The number of ether oxygens (including phenoxy) is 1. The summed E-state index contributed by atoms with van der Waals surface area (Å²) >= 11 is 0. The number of halogens is 3. The fourth-order valence-corrected chi connectivity index (χ4v) is 4.12. The van der Waals surface area contributed by atoms with Gasteiger partial charge in [0.05, 0.1) is 6.61 Å². The summed E-state index contributed by atoms with van der Waals surface area (Å²) in [6, 6.07) is 16.7. The van der Waals surface area contributed by atoms with Crippen molar-refractivity contribution in [2.24, 2.45) is 0 Å². The van der Waals surface area contributed by atoms with Crippen molar-refractivity contribution in [3.8, 4) is 17.6 Å². The van der Waals surface area contributed by atoms with Crippen molar-refractivity contribution >= 4 is 10.9 Å². The lowest BCUT2D eigenvalue weighted by Crippen LogP contribution is -2.37. The summed E-state index contributed by atoms with van der Waals surface area (Å²) in [6.45, 7) is 3.52. The van der Waals surface area contributed by atoms with Gasteiger partial charge in [0.1, 0.15) is 12.0 Å². The first-order valence-corrected chi connectivity index (χ1v) is 11.7.